The number of nitrogens with two attached hydrogens (primary N) is 1. The molecule has 0 aliphatic rings. The van der Waals surface area contributed by atoms with Crippen molar-refractivity contribution in [3.05, 3.63) is 83.6 Å². The van der Waals surface area contributed by atoms with Crippen molar-refractivity contribution in [3.63, 3.8) is 0 Å². The van der Waals surface area contributed by atoms with Crippen LogP contribution in [0.5, 0.6) is 11.5 Å². The van der Waals surface area contributed by atoms with Crippen molar-refractivity contribution >= 4 is 16.9 Å². The molecule has 3 aromatic carbocycles. The molecule has 170 valence electrons. The van der Waals surface area contributed by atoms with Crippen LogP contribution in [0.1, 0.15) is 22.7 Å². The highest BCUT2D eigenvalue weighted by Gasteiger charge is 2.14. The summed E-state index contributed by atoms with van der Waals surface area (Å²) in [5, 5.41) is 10.1. The zero-order valence-electron chi connectivity index (χ0n) is 18.1. The largest absolute Gasteiger partial charge is 0.497 e. The molecule has 3 N–H and O–H groups in total. The number of hydrogen-bond donors (Lipinski definition) is 2. The number of halogens is 1. The molecule has 0 spiro atoms. The van der Waals surface area contributed by atoms with E-state index in [-0.39, 0.29) is 13.0 Å². The lowest BCUT2D eigenvalue weighted by Crippen LogP contribution is -2.11. The minimum absolute atomic E-state index is 0.160. The van der Waals surface area contributed by atoms with Crippen LogP contribution in [-0.2, 0) is 17.8 Å². The Labute approximate surface area is 190 Å². The number of ether oxygens (including phenoxy) is 2. The number of carbonyl (C=O) groups is 1. The van der Waals surface area contributed by atoms with Crippen LogP contribution in [-0.4, -0.2) is 24.9 Å². The lowest BCUT2D eigenvalue weighted by atomic mass is 9.97. The van der Waals surface area contributed by atoms with Crippen molar-refractivity contribution < 1.29 is 28.2 Å². The summed E-state index contributed by atoms with van der Waals surface area (Å²) in [4.78, 5) is 11.2. The molecule has 1 atom stereocenters. The van der Waals surface area contributed by atoms with Gasteiger partial charge in [0, 0.05) is 22.6 Å². The Balaban J connectivity index is 1.68. The molecule has 0 bridgehead atoms. The second kappa shape index (κ2) is 9.75. The van der Waals surface area contributed by atoms with Crippen LogP contribution in [0.2, 0.25) is 0 Å². The van der Waals surface area contributed by atoms with Gasteiger partial charge in [0.1, 0.15) is 30.4 Å². The van der Waals surface area contributed by atoms with E-state index in [1.165, 1.54) is 7.11 Å². The van der Waals surface area contributed by atoms with Crippen LogP contribution in [0.3, 0.4) is 0 Å². The molecule has 0 saturated heterocycles. The third-order valence-electron chi connectivity index (χ3n) is 5.41. The first-order chi connectivity index (χ1) is 16.0. The SMILES string of the molecule is COc1ccc(CC(=O)O)c(OCc2cc(-c3cccc(C(N)CF)c3)c3occc3c2)c1. The number of methoxy groups -OCH3 is 1. The maximum absolute atomic E-state index is 13.1. The fraction of sp³-hybridized carbons (Fsp3) is 0.192. The molecule has 33 heavy (non-hydrogen) atoms. The molecule has 1 unspecified atom stereocenters. The zero-order chi connectivity index (χ0) is 23.4. The van der Waals surface area contributed by atoms with Crippen LogP contribution in [0.4, 0.5) is 4.39 Å². The number of benzene rings is 3. The summed E-state index contributed by atoms with van der Waals surface area (Å²) >= 11 is 0. The molecule has 4 rings (SSSR count). The summed E-state index contributed by atoms with van der Waals surface area (Å²) in [5.41, 5.74) is 10.4. The summed E-state index contributed by atoms with van der Waals surface area (Å²) in [5.74, 6) is 0.0751. The fourth-order valence-corrected chi connectivity index (χ4v) is 3.73. The fourth-order valence-electron chi connectivity index (χ4n) is 3.73. The van der Waals surface area contributed by atoms with E-state index in [0.717, 1.165) is 22.1 Å². The standard InChI is InChI=1S/C26H24FNO5/c1-31-21-6-5-19(12-25(29)30)24(13-21)33-15-16-9-20-7-8-32-26(20)22(10-16)17-3-2-4-18(11-17)23(28)14-27/h2-11,13,23H,12,14-15,28H2,1H3,(H,29,30). The van der Waals surface area contributed by atoms with Crippen molar-refractivity contribution in [2.75, 3.05) is 13.8 Å². The van der Waals surface area contributed by atoms with Crippen LogP contribution in [0.25, 0.3) is 22.1 Å². The van der Waals surface area contributed by atoms with E-state index >= 15 is 0 Å². The van der Waals surface area contributed by atoms with E-state index in [0.29, 0.717) is 28.2 Å². The Morgan fingerprint density at radius 1 is 1.15 bits per heavy atom. The van der Waals surface area contributed by atoms with Crippen molar-refractivity contribution in [2.45, 2.75) is 19.1 Å². The van der Waals surface area contributed by atoms with Gasteiger partial charge in [0.2, 0.25) is 0 Å². The minimum atomic E-state index is -0.946. The Kier molecular flexibility index (Phi) is 6.60. The third-order valence-corrected chi connectivity index (χ3v) is 5.41. The average Bonchev–Trinajstić information content (AvgIpc) is 3.30. The van der Waals surface area contributed by atoms with Crippen LogP contribution < -0.4 is 15.2 Å². The second-order valence-electron chi connectivity index (χ2n) is 7.70. The van der Waals surface area contributed by atoms with Crippen LogP contribution >= 0.6 is 0 Å². The molecule has 1 aromatic heterocycles. The van der Waals surface area contributed by atoms with Gasteiger partial charge in [-0.3, -0.25) is 4.79 Å². The van der Waals surface area contributed by atoms with Gasteiger partial charge in [-0.05, 0) is 47.0 Å². The van der Waals surface area contributed by atoms with Crippen molar-refractivity contribution in [1.82, 2.24) is 0 Å². The van der Waals surface area contributed by atoms with Crippen molar-refractivity contribution in [2.24, 2.45) is 5.73 Å². The van der Waals surface area contributed by atoms with Crippen LogP contribution in [0.15, 0.2) is 71.3 Å². The van der Waals surface area contributed by atoms with E-state index < -0.39 is 18.7 Å². The number of carboxylic acid groups (broad SMARTS) is 1. The summed E-state index contributed by atoms with van der Waals surface area (Å²) in [6.45, 7) is -0.440. The smallest absolute Gasteiger partial charge is 0.307 e. The average molecular weight is 449 g/mol. The number of furan rings is 1. The normalized spacial score (nSPS) is 12.0. The summed E-state index contributed by atoms with van der Waals surface area (Å²) in [6, 6.07) is 17.6. The van der Waals surface area contributed by atoms with Crippen LogP contribution in [0, 0.1) is 0 Å². The van der Waals surface area contributed by atoms with Gasteiger partial charge < -0.3 is 24.7 Å². The maximum Gasteiger partial charge on any atom is 0.307 e. The molecule has 0 saturated carbocycles. The van der Waals surface area contributed by atoms with Crippen molar-refractivity contribution in [1.29, 1.82) is 0 Å². The van der Waals surface area contributed by atoms with E-state index in [4.69, 9.17) is 19.6 Å². The lowest BCUT2D eigenvalue weighted by Gasteiger charge is -2.14. The first-order valence-electron chi connectivity index (χ1n) is 10.4. The molecule has 0 aliphatic carbocycles. The minimum Gasteiger partial charge on any atom is -0.497 e. The quantitative estimate of drug-likeness (QED) is 0.361. The monoisotopic (exact) mass is 449 g/mol. The Morgan fingerprint density at radius 2 is 2.00 bits per heavy atom. The van der Waals surface area contributed by atoms with Gasteiger partial charge in [-0.25, -0.2) is 4.39 Å². The Morgan fingerprint density at radius 3 is 2.76 bits per heavy atom. The number of hydrogen-bond acceptors (Lipinski definition) is 5. The summed E-state index contributed by atoms with van der Waals surface area (Å²) in [6.07, 6.45) is 1.45. The number of alkyl halides is 1. The first-order valence-corrected chi connectivity index (χ1v) is 10.4. The maximum atomic E-state index is 13.1. The highest BCUT2D eigenvalue weighted by molar-refractivity contribution is 5.93. The Bertz CT molecular complexity index is 1280. The van der Waals surface area contributed by atoms with E-state index in [2.05, 4.69) is 0 Å². The van der Waals surface area contributed by atoms with Gasteiger partial charge in [-0.2, -0.15) is 0 Å². The zero-order valence-corrected chi connectivity index (χ0v) is 18.1. The Hall–Kier alpha value is -3.84. The number of fused-ring (bicyclic) bond motifs is 1. The van der Waals surface area contributed by atoms with Crippen molar-refractivity contribution in [3.8, 4) is 22.6 Å². The molecule has 6 nitrogen and oxygen atoms in total. The second-order valence-corrected chi connectivity index (χ2v) is 7.70. The number of carboxylic acids is 1. The first kappa shape index (κ1) is 22.4. The van der Waals surface area contributed by atoms with Gasteiger partial charge in [0.25, 0.3) is 0 Å². The molecule has 4 aromatic rings. The highest BCUT2D eigenvalue weighted by Crippen LogP contribution is 2.33. The topological polar surface area (TPSA) is 94.9 Å². The molecule has 0 aliphatic heterocycles. The van der Waals surface area contributed by atoms with Gasteiger partial charge in [-0.15, -0.1) is 0 Å². The molecule has 0 radical (unpaired) electrons. The molecular formula is C26H24FNO5. The van der Waals surface area contributed by atoms with Gasteiger partial charge in [0.05, 0.1) is 25.8 Å². The molecule has 0 fully saturated rings. The van der Waals surface area contributed by atoms with E-state index in [9.17, 15) is 14.3 Å². The van der Waals surface area contributed by atoms with Gasteiger partial charge >= 0.3 is 5.97 Å². The predicted molar refractivity (Wildman–Crippen MR) is 123 cm³/mol. The molecule has 1 heterocycles. The molecule has 0 amide bonds. The molecule has 7 heteroatoms. The number of aliphatic carboxylic acids is 1. The summed E-state index contributed by atoms with van der Waals surface area (Å²) < 4.78 is 30.1. The molecular weight excluding hydrogens is 425 g/mol. The van der Waals surface area contributed by atoms with Gasteiger partial charge in [0.15, 0.2) is 0 Å². The van der Waals surface area contributed by atoms with Gasteiger partial charge in [-0.1, -0.05) is 24.3 Å². The number of rotatable bonds is 9. The van der Waals surface area contributed by atoms with E-state index in [1.54, 1.807) is 30.5 Å². The third kappa shape index (κ3) is 4.99. The lowest BCUT2D eigenvalue weighted by molar-refractivity contribution is -0.136. The summed E-state index contributed by atoms with van der Waals surface area (Å²) in [7, 11) is 1.54. The predicted octanol–water partition coefficient (Wildman–Crippen LogP) is 5.28. The highest BCUT2D eigenvalue weighted by atomic mass is 19.1. The van der Waals surface area contributed by atoms with E-state index in [1.807, 2.05) is 36.4 Å².